The predicted molar refractivity (Wildman–Crippen MR) is 141 cm³/mol. The molecule has 2 heterocycles. The summed E-state index contributed by atoms with van der Waals surface area (Å²) in [5, 5.41) is 11.3. The zero-order chi connectivity index (χ0) is 24.2. The fourth-order valence-corrected chi connectivity index (χ4v) is 4.55. The normalized spacial score (nSPS) is 15.6. The molecule has 1 N–H and O–H groups in total. The van der Waals surface area contributed by atoms with Crippen LogP contribution in [0.5, 0.6) is 5.75 Å². The number of nitrogens with zero attached hydrogens (tertiary/aromatic N) is 3. The van der Waals surface area contributed by atoms with Crippen LogP contribution in [0.2, 0.25) is 0 Å². The summed E-state index contributed by atoms with van der Waals surface area (Å²) in [6.45, 7) is 10.8. The average molecular weight is 502 g/mol. The second kappa shape index (κ2) is 11.9. The summed E-state index contributed by atoms with van der Waals surface area (Å²) in [6, 6.07) is 14.0. The van der Waals surface area contributed by atoms with Crippen LogP contribution >= 0.6 is 12.4 Å². The van der Waals surface area contributed by atoms with E-state index in [1.54, 1.807) is 0 Å². The summed E-state index contributed by atoms with van der Waals surface area (Å²) < 4.78 is 13.4. The van der Waals surface area contributed by atoms with Gasteiger partial charge in [0, 0.05) is 49.5 Å². The van der Waals surface area contributed by atoms with Gasteiger partial charge in [-0.1, -0.05) is 17.7 Å². The van der Waals surface area contributed by atoms with Crippen molar-refractivity contribution in [2.45, 2.75) is 26.9 Å². The molecule has 0 bridgehead atoms. The molecule has 190 valence electrons. The van der Waals surface area contributed by atoms with Crippen molar-refractivity contribution < 1.29 is 19.4 Å². The topological polar surface area (TPSA) is 67.2 Å². The van der Waals surface area contributed by atoms with E-state index in [9.17, 15) is 9.90 Å². The molecule has 35 heavy (non-hydrogen) atoms. The van der Waals surface area contributed by atoms with Gasteiger partial charge in [0.15, 0.2) is 0 Å². The minimum absolute atomic E-state index is 0. The number of benzene rings is 2. The van der Waals surface area contributed by atoms with Crippen molar-refractivity contribution in [3.05, 3.63) is 59.3 Å². The van der Waals surface area contributed by atoms with Crippen LogP contribution in [0.25, 0.3) is 16.6 Å². The standard InChI is InChI=1S/C27H35N3O4.ClH/c1-5-33-27(32)26-20(3)30(21-8-6-19(2)7-9-21)25-11-10-23(16-24(25)26)34-18-22(31)17-29-14-12-28(4)13-15-29;/h6-11,16,22,31H,5,12-15,17-18H2,1-4H3;1H. The largest absolute Gasteiger partial charge is 0.491 e. The van der Waals surface area contributed by atoms with Gasteiger partial charge < -0.3 is 24.0 Å². The van der Waals surface area contributed by atoms with Crippen molar-refractivity contribution in [2.24, 2.45) is 0 Å². The molecule has 1 atom stereocenters. The van der Waals surface area contributed by atoms with Gasteiger partial charge in [-0.2, -0.15) is 0 Å². The third-order valence-electron chi connectivity index (χ3n) is 6.45. The van der Waals surface area contributed by atoms with Crippen LogP contribution in [0.3, 0.4) is 0 Å². The number of esters is 1. The molecule has 0 aliphatic carbocycles. The van der Waals surface area contributed by atoms with Crippen LogP contribution in [0, 0.1) is 13.8 Å². The molecule has 3 aromatic rings. The van der Waals surface area contributed by atoms with E-state index in [0.717, 1.165) is 48.5 Å². The number of rotatable bonds is 8. The Morgan fingerprint density at radius 3 is 2.40 bits per heavy atom. The van der Waals surface area contributed by atoms with Gasteiger partial charge in [0.2, 0.25) is 0 Å². The van der Waals surface area contributed by atoms with E-state index >= 15 is 0 Å². The molecule has 7 nitrogen and oxygen atoms in total. The summed E-state index contributed by atoms with van der Waals surface area (Å²) in [6.07, 6.45) is -0.581. The maximum absolute atomic E-state index is 12.9. The zero-order valence-corrected chi connectivity index (χ0v) is 21.8. The molecular formula is C27H36ClN3O4. The van der Waals surface area contributed by atoms with Crippen LogP contribution in [0.1, 0.15) is 28.5 Å². The number of halogens is 1. The lowest BCUT2D eigenvalue weighted by Gasteiger charge is -2.33. The number of aromatic nitrogens is 1. The number of hydrogen-bond donors (Lipinski definition) is 1. The van der Waals surface area contributed by atoms with E-state index in [1.807, 2.05) is 32.0 Å². The number of aliphatic hydroxyl groups is 1. The number of aryl methyl sites for hydroxylation is 1. The minimum Gasteiger partial charge on any atom is -0.491 e. The van der Waals surface area contributed by atoms with Gasteiger partial charge in [-0.05, 0) is 58.2 Å². The Labute approximate surface area is 213 Å². The van der Waals surface area contributed by atoms with Crippen LogP contribution in [0.15, 0.2) is 42.5 Å². The van der Waals surface area contributed by atoms with Crippen molar-refractivity contribution in [1.82, 2.24) is 14.4 Å². The number of β-amino-alcohol motifs (C(OH)–C–C–N with tert-alkyl or cyclic N) is 1. The minimum atomic E-state index is -0.581. The predicted octanol–water partition coefficient (Wildman–Crippen LogP) is 3.83. The third kappa shape index (κ3) is 6.16. The number of piperazine rings is 1. The van der Waals surface area contributed by atoms with Gasteiger partial charge in [0.25, 0.3) is 0 Å². The Bertz CT molecular complexity index is 1140. The van der Waals surface area contributed by atoms with Crippen LogP contribution < -0.4 is 4.74 Å². The highest BCUT2D eigenvalue weighted by Crippen LogP contribution is 2.32. The second-order valence-corrected chi connectivity index (χ2v) is 9.10. The zero-order valence-electron chi connectivity index (χ0n) is 21.0. The van der Waals surface area contributed by atoms with Gasteiger partial charge in [-0.25, -0.2) is 4.79 Å². The summed E-state index contributed by atoms with van der Waals surface area (Å²) in [7, 11) is 2.12. The number of carbonyl (C=O) groups is 1. The molecule has 0 saturated carbocycles. The number of carbonyl (C=O) groups excluding carboxylic acids is 1. The SMILES string of the molecule is CCOC(=O)c1c(C)n(-c2ccc(C)cc2)c2ccc(OCC(O)CN3CCN(C)CC3)cc12.Cl. The first-order chi connectivity index (χ1) is 16.4. The first-order valence-corrected chi connectivity index (χ1v) is 12.0. The average Bonchev–Trinajstić information content (AvgIpc) is 3.11. The van der Waals surface area contributed by atoms with Crippen LogP contribution in [-0.4, -0.2) is 84.5 Å². The fourth-order valence-electron chi connectivity index (χ4n) is 4.55. The van der Waals surface area contributed by atoms with E-state index in [1.165, 1.54) is 5.56 Å². The fraction of sp³-hybridized carbons (Fsp3) is 0.444. The van der Waals surface area contributed by atoms with E-state index in [2.05, 4.69) is 52.6 Å². The number of ether oxygens (including phenoxy) is 2. The lowest BCUT2D eigenvalue weighted by molar-refractivity contribution is 0.0504. The third-order valence-corrected chi connectivity index (χ3v) is 6.45. The first kappa shape index (κ1) is 27.0. The summed E-state index contributed by atoms with van der Waals surface area (Å²) in [5.41, 5.74) is 4.44. The molecule has 0 radical (unpaired) electrons. The van der Waals surface area contributed by atoms with E-state index in [4.69, 9.17) is 9.47 Å². The van der Waals surface area contributed by atoms with Crippen molar-refractivity contribution in [1.29, 1.82) is 0 Å². The van der Waals surface area contributed by atoms with Gasteiger partial charge in [0.1, 0.15) is 18.5 Å². The molecule has 1 aliphatic heterocycles. The Morgan fingerprint density at radius 1 is 1.06 bits per heavy atom. The van der Waals surface area contributed by atoms with E-state index in [-0.39, 0.29) is 25.0 Å². The van der Waals surface area contributed by atoms with Crippen molar-refractivity contribution in [3.63, 3.8) is 0 Å². The van der Waals surface area contributed by atoms with Gasteiger partial charge in [-0.3, -0.25) is 4.90 Å². The molecule has 4 rings (SSSR count). The number of aliphatic hydroxyl groups excluding tert-OH is 1. The molecule has 1 fully saturated rings. The summed E-state index contributed by atoms with van der Waals surface area (Å²) >= 11 is 0. The van der Waals surface area contributed by atoms with Crippen molar-refractivity contribution in [2.75, 3.05) is 53.0 Å². The Hall–Kier alpha value is -2.58. The maximum Gasteiger partial charge on any atom is 0.340 e. The van der Waals surface area contributed by atoms with Crippen molar-refractivity contribution in [3.8, 4) is 11.4 Å². The molecule has 1 aliphatic rings. The highest BCUT2D eigenvalue weighted by Gasteiger charge is 2.23. The summed E-state index contributed by atoms with van der Waals surface area (Å²) in [4.78, 5) is 17.4. The van der Waals surface area contributed by atoms with Gasteiger partial charge >= 0.3 is 5.97 Å². The molecule has 1 aromatic heterocycles. The van der Waals surface area contributed by atoms with Gasteiger partial charge in [-0.15, -0.1) is 12.4 Å². The lowest BCUT2D eigenvalue weighted by atomic mass is 10.1. The first-order valence-electron chi connectivity index (χ1n) is 12.0. The summed E-state index contributed by atoms with van der Waals surface area (Å²) in [5.74, 6) is 0.277. The molecule has 2 aromatic carbocycles. The number of likely N-dealkylation sites (N-methyl/N-ethyl adjacent to an activating group) is 1. The van der Waals surface area contributed by atoms with Crippen molar-refractivity contribution >= 4 is 29.3 Å². The van der Waals surface area contributed by atoms with Crippen LogP contribution in [0.4, 0.5) is 0 Å². The van der Waals surface area contributed by atoms with E-state index < -0.39 is 6.10 Å². The second-order valence-electron chi connectivity index (χ2n) is 9.10. The molecule has 8 heteroatoms. The Morgan fingerprint density at radius 2 is 1.74 bits per heavy atom. The van der Waals surface area contributed by atoms with Gasteiger partial charge in [0.05, 0.1) is 17.7 Å². The Kier molecular flexibility index (Phi) is 9.19. The molecular weight excluding hydrogens is 466 g/mol. The lowest BCUT2D eigenvalue weighted by Crippen LogP contribution is -2.47. The van der Waals surface area contributed by atoms with Crippen LogP contribution in [-0.2, 0) is 4.74 Å². The van der Waals surface area contributed by atoms with E-state index in [0.29, 0.717) is 24.5 Å². The highest BCUT2D eigenvalue weighted by molar-refractivity contribution is 6.07. The molecule has 1 saturated heterocycles. The molecule has 0 amide bonds. The number of hydrogen-bond acceptors (Lipinski definition) is 6. The smallest absolute Gasteiger partial charge is 0.340 e. The molecule has 1 unspecified atom stereocenters. The Balaban J connectivity index is 0.00000342. The quantitative estimate of drug-likeness (QED) is 0.473. The number of fused-ring (bicyclic) bond motifs is 1. The monoisotopic (exact) mass is 501 g/mol. The maximum atomic E-state index is 12.9. The highest BCUT2D eigenvalue weighted by atomic mass is 35.5. The molecule has 0 spiro atoms.